The van der Waals surface area contributed by atoms with Crippen LogP contribution in [0.5, 0.6) is 5.75 Å². The van der Waals surface area contributed by atoms with Crippen molar-refractivity contribution in [3.05, 3.63) is 41.2 Å². The van der Waals surface area contributed by atoms with Gasteiger partial charge in [-0.05, 0) is 43.9 Å². The fraction of sp³-hybridized carbons (Fsp3) is 0.550. The maximum absolute atomic E-state index is 13.1. The zero-order valence-corrected chi connectivity index (χ0v) is 16.3. The molecule has 1 saturated carbocycles. The summed E-state index contributed by atoms with van der Waals surface area (Å²) in [4.78, 5) is 14.5. The van der Waals surface area contributed by atoms with E-state index in [4.69, 9.17) is 4.74 Å². The molecular formula is C20H23F3N4O2. The maximum atomic E-state index is 13.1. The molecule has 0 bridgehead atoms. The maximum Gasteiger partial charge on any atom is 0.416 e. The first-order valence-electron chi connectivity index (χ1n) is 9.70. The van der Waals surface area contributed by atoms with Crippen molar-refractivity contribution in [2.24, 2.45) is 5.92 Å². The van der Waals surface area contributed by atoms with Crippen LogP contribution in [0, 0.1) is 5.92 Å². The molecule has 2 aliphatic rings. The van der Waals surface area contributed by atoms with Crippen LogP contribution in [0.15, 0.2) is 24.4 Å². The van der Waals surface area contributed by atoms with E-state index in [1.807, 2.05) is 6.92 Å². The lowest BCUT2D eigenvalue weighted by Gasteiger charge is -2.43. The molecule has 1 aromatic heterocycles. The van der Waals surface area contributed by atoms with Crippen molar-refractivity contribution in [3.8, 4) is 5.75 Å². The Morgan fingerprint density at radius 3 is 2.66 bits per heavy atom. The third-order valence-electron chi connectivity index (χ3n) is 5.73. The summed E-state index contributed by atoms with van der Waals surface area (Å²) in [5, 5.41) is 7.98. The second-order valence-corrected chi connectivity index (χ2v) is 7.89. The van der Waals surface area contributed by atoms with Crippen molar-refractivity contribution in [1.29, 1.82) is 0 Å². The monoisotopic (exact) mass is 408 g/mol. The number of nitrogens with zero attached hydrogens (tertiary/aromatic N) is 4. The number of ketones is 1. The van der Waals surface area contributed by atoms with E-state index in [0.717, 1.165) is 25.0 Å². The lowest BCUT2D eigenvalue weighted by atomic mass is 9.90. The van der Waals surface area contributed by atoms with Crippen molar-refractivity contribution in [3.63, 3.8) is 0 Å². The topological polar surface area (TPSA) is 60.2 Å². The Labute approximate surface area is 166 Å². The minimum atomic E-state index is -4.40. The van der Waals surface area contributed by atoms with Gasteiger partial charge in [0.2, 0.25) is 0 Å². The molecule has 6 nitrogen and oxygen atoms in total. The largest absolute Gasteiger partial charge is 0.496 e. The molecular weight excluding hydrogens is 385 g/mol. The molecule has 2 aromatic rings. The summed E-state index contributed by atoms with van der Waals surface area (Å²) in [5.41, 5.74) is 0.202. The predicted octanol–water partition coefficient (Wildman–Crippen LogP) is 3.91. The molecule has 1 saturated heterocycles. The Morgan fingerprint density at radius 1 is 1.31 bits per heavy atom. The number of ether oxygens (including phenoxy) is 1. The zero-order valence-electron chi connectivity index (χ0n) is 16.3. The number of carbonyl (C=O) groups is 1. The summed E-state index contributed by atoms with van der Waals surface area (Å²) in [6.45, 7) is 3.14. The number of Topliss-reactive ketones (excluding diaryl/α,β-unsaturated/α-hetero) is 1. The highest BCUT2D eigenvalue weighted by atomic mass is 19.4. The Morgan fingerprint density at radius 2 is 2.03 bits per heavy atom. The van der Waals surface area contributed by atoms with E-state index in [-0.39, 0.29) is 17.7 Å². The Hall–Kier alpha value is -2.42. The highest BCUT2D eigenvalue weighted by Crippen LogP contribution is 2.39. The molecule has 0 amide bonds. The number of hydrogen-bond acceptors (Lipinski definition) is 5. The number of benzene rings is 1. The van der Waals surface area contributed by atoms with Crippen LogP contribution in [-0.4, -0.2) is 45.9 Å². The summed E-state index contributed by atoms with van der Waals surface area (Å²) >= 11 is 0. The minimum Gasteiger partial charge on any atom is -0.496 e. The van der Waals surface area contributed by atoms with Crippen molar-refractivity contribution in [1.82, 2.24) is 19.9 Å². The van der Waals surface area contributed by atoms with Gasteiger partial charge in [0.05, 0.1) is 24.9 Å². The smallest absolute Gasteiger partial charge is 0.416 e. The number of likely N-dealkylation sites (tertiary alicyclic amines) is 1. The van der Waals surface area contributed by atoms with Crippen molar-refractivity contribution < 1.29 is 22.7 Å². The molecule has 1 aromatic carbocycles. The Kier molecular flexibility index (Phi) is 5.10. The summed E-state index contributed by atoms with van der Waals surface area (Å²) < 4.78 is 46.3. The first kappa shape index (κ1) is 19.9. The van der Waals surface area contributed by atoms with E-state index in [1.54, 1.807) is 10.9 Å². The van der Waals surface area contributed by atoms with E-state index in [0.29, 0.717) is 42.6 Å². The molecule has 4 rings (SSSR count). The fourth-order valence-corrected chi connectivity index (χ4v) is 3.78. The lowest BCUT2D eigenvalue weighted by Crippen LogP contribution is -2.48. The first-order chi connectivity index (χ1) is 13.8. The lowest BCUT2D eigenvalue weighted by molar-refractivity contribution is -0.137. The highest BCUT2D eigenvalue weighted by Gasteiger charge is 2.36. The summed E-state index contributed by atoms with van der Waals surface area (Å²) in [6, 6.07) is 3.68. The predicted molar refractivity (Wildman–Crippen MR) is 98.7 cm³/mol. The van der Waals surface area contributed by atoms with Gasteiger partial charge in [0, 0.05) is 31.1 Å². The third kappa shape index (κ3) is 4.14. The Balaban J connectivity index is 1.37. The van der Waals surface area contributed by atoms with Crippen molar-refractivity contribution >= 4 is 5.78 Å². The number of hydrogen-bond donors (Lipinski definition) is 0. The van der Waals surface area contributed by atoms with Gasteiger partial charge in [-0.3, -0.25) is 9.69 Å². The van der Waals surface area contributed by atoms with Crippen molar-refractivity contribution in [2.45, 2.75) is 44.4 Å². The molecule has 1 aliphatic carbocycles. The molecule has 2 fully saturated rings. The SMILES string of the molecule is COc1ccc(C(F)(F)F)cc1C(C)N1CC(CC(=O)c2cn(C3CC3)nn2)C1. The van der Waals surface area contributed by atoms with Crippen LogP contribution in [0.1, 0.15) is 59.9 Å². The van der Waals surface area contributed by atoms with Gasteiger partial charge in [-0.25, -0.2) is 4.68 Å². The number of alkyl halides is 3. The average molecular weight is 408 g/mol. The van der Waals surface area contributed by atoms with Gasteiger partial charge in [-0.1, -0.05) is 5.21 Å². The standard InChI is InChI=1S/C20H23F3N4O2/c1-12(16-8-14(20(21,22)23)3-6-19(16)29-2)26-9-13(10-26)7-18(28)17-11-27(25-24-17)15-4-5-15/h3,6,8,11-13,15H,4-5,7,9-10H2,1-2H3. The van der Waals surface area contributed by atoms with E-state index in [1.165, 1.54) is 13.2 Å². The van der Waals surface area contributed by atoms with E-state index >= 15 is 0 Å². The van der Waals surface area contributed by atoms with Crippen LogP contribution in [0.4, 0.5) is 13.2 Å². The van der Waals surface area contributed by atoms with Crippen LogP contribution in [0.3, 0.4) is 0 Å². The summed E-state index contributed by atoms with van der Waals surface area (Å²) in [5.74, 6) is 0.556. The van der Waals surface area contributed by atoms with Gasteiger partial charge >= 0.3 is 6.18 Å². The molecule has 0 radical (unpaired) electrons. The molecule has 0 N–H and O–H groups in total. The molecule has 1 atom stereocenters. The number of methoxy groups -OCH3 is 1. The van der Waals surface area contributed by atoms with Crippen LogP contribution in [-0.2, 0) is 6.18 Å². The highest BCUT2D eigenvalue weighted by molar-refractivity contribution is 5.94. The van der Waals surface area contributed by atoms with Gasteiger partial charge in [0.15, 0.2) is 5.78 Å². The van der Waals surface area contributed by atoms with Gasteiger partial charge in [-0.2, -0.15) is 13.2 Å². The van der Waals surface area contributed by atoms with Gasteiger partial charge in [-0.15, -0.1) is 5.10 Å². The minimum absolute atomic E-state index is 0.0362. The van der Waals surface area contributed by atoms with E-state index in [9.17, 15) is 18.0 Å². The summed E-state index contributed by atoms with van der Waals surface area (Å²) in [6.07, 6.45) is -0.168. The molecule has 156 valence electrons. The van der Waals surface area contributed by atoms with Gasteiger partial charge in [0.1, 0.15) is 11.4 Å². The zero-order chi connectivity index (χ0) is 20.8. The second kappa shape index (κ2) is 7.44. The van der Waals surface area contributed by atoms with Crippen LogP contribution in [0.25, 0.3) is 0 Å². The fourth-order valence-electron chi connectivity index (χ4n) is 3.78. The normalized spacial score (nSPS) is 19.1. The van der Waals surface area contributed by atoms with Crippen molar-refractivity contribution in [2.75, 3.05) is 20.2 Å². The molecule has 9 heteroatoms. The van der Waals surface area contributed by atoms with E-state index in [2.05, 4.69) is 15.2 Å². The number of carbonyl (C=O) groups excluding carboxylic acids is 1. The van der Waals surface area contributed by atoms with Gasteiger partial charge in [0.25, 0.3) is 0 Å². The number of halogens is 3. The molecule has 1 unspecified atom stereocenters. The Bertz CT molecular complexity index is 901. The first-order valence-corrected chi connectivity index (χ1v) is 9.70. The second-order valence-electron chi connectivity index (χ2n) is 7.89. The summed E-state index contributed by atoms with van der Waals surface area (Å²) in [7, 11) is 1.45. The molecule has 2 heterocycles. The van der Waals surface area contributed by atoms with E-state index < -0.39 is 11.7 Å². The number of rotatable bonds is 7. The van der Waals surface area contributed by atoms with Crippen LogP contribution < -0.4 is 4.74 Å². The number of aromatic nitrogens is 3. The average Bonchev–Trinajstić information content (AvgIpc) is 3.39. The molecule has 0 spiro atoms. The molecule has 29 heavy (non-hydrogen) atoms. The van der Waals surface area contributed by atoms with Gasteiger partial charge < -0.3 is 4.74 Å². The quantitative estimate of drug-likeness (QED) is 0.651. The molecule has 1 aliphatic heterocycles. The van der Waals surface area contributed by atoms with Crippen LogP contribution >= 0.6 is 0 Å². The third-order valence-corrected chi connectivity index (χ3v) is 5.73. The van der Waals surface area contributed by atoms with Crippen LogP contribution in [0.2, 0.25) is 0 Å².